The highest BCUT2D eigenvalue weighted by atomic mass is 32.2. The Labute approximate surface area is 209 Å². The maximum absolute atomic E-state index is 12.9. The van der Waals surface area contributed by atoms with Gasteiger partial charge in [0.15, 0.2) is 11.0 Å². The summed E-state index contributed by atoms with van der Waals surface area (Å²) in [4.78, 5) is 24.9. The zero-order valence-corrected chi connectivity index (χ0v) is 20.2. The molecule has 0 aliphatic carbocycles. The van der Waals surface area contributed by atoms with Gasteiger partial charge in [-0.3, -0.25) is 9.59 Å². The van der Waals surface area contributed by atoms with Gasteiger partial charge in [0, 0.05) is 17.8 Å². The molecule has 0 saturated heterocycles. The van der Waals surface area contributed by atoms with E-state index in [9.17, 15) is 27.9 Å². The fraction of sp³-hybridized carbons (Fsp3) is 0.304. The van der Waals surface area contributed by atoms with Crippen LogP contribution in [0.1, 0.15) is 34.7 Å². The van der Waals surface area contributed by atoms with Crippen LogP contribution in [0.5, 0.6) is 5.75 Å². The van der Waals surface area contributed by atoms with Gasteiger partial charge in [-0.05, 0) is 49.4 Å². The quantitative estimate of drug-likeness (QED) is 0.348. The van der Waals surface area contributed by atoms with Crippen LogP contribution in [0.2, 0.25) is 0 Å². The third-order valence-electron chi connectivity index (χ3n) is 5.02. The van der Waals surface area contributed by atoms with Crippen LogP contribution in [0.25, 0.3) is 0 Å². The Morgan fingerprint density at radius 2 is 1.89 bits per heavy atom. The van der Waals surface area contributed by atoms with Crippen molar-refractivity contribution in [3.8, 4) is 5.75 Å². The normalized spacial score (nSPS) is 12.2. The standard InChI is InChI=1S/C23H24F3N5O4S/c1-3-31-20(18(12-32)28-21(34)14-7-9-17(35-2)10-8-14)29-30-22(31)36-13-19(33)27-16-6-4-5-15(11-16)23(24,25)26/h4-11,18,32H,3,12-13H2,1-2H3,(H,27,33)(H,28,34)/t18-/m0/s1. The van der Waals surface area contributed by atoms with Crippen molar-refractivity contribution in [1.82, 2.24) is 20.1 Å². The smallest absolute Gasteiger partial charge is 0.416 e. The number of amides is 2. The number of rotatable bonds is 10. The van der Waals surface area contributed by atoms with Crippen molar-refractivity contribution >= 4 is 29.3 Å². The number of hydrogen-bond acceptors (Lipinski definition) is 7. The van der Waals surface area contributed by atoms with Crippen LogP contribution in [-0.4, -0.2) is 51.2 Å². The van der Waals surface area contributed by atoms with Crippen molar-refractivity contribution in [2.75, 3.05) is 24.8 Å². The van der Waals surface area contributed by atoms with Gasteiger partial charge in [0.2, 0.25) is 5.91 Å². The molecule has 1 atom stereocenters. The number of anilines is 1. The number of carbonyl (C=O) groups is 2. The zero-order valence-electron chi connectivity index (χ0n) is 19.4. The Hall–Kier alpha value is -3.58. The van der Waals surface area contributed by atoms with Gasteiger partial charge in [-0.2, -0.15) is 13.2 Å². The Morgan fingerprint density at radius 3 is 2.50 bits per heavy atom. The number of carbonyl (C=O) groups excluding carboxylic acids is 2. The largest absolute Gasteiger partial charge is 0.497 e. The van der Waals surface area contributed by atoms with E-state index in [0.29, 0.717) is 28.8 Å². The molecule has 2 aromatic carbocycles. The lowest BCUT2D eigenvalue weighted by molar-refractivity contribution is -0.137. The van der Waals surface area contributed by atoms with E-state index < -0.39 is 36.2 Å². The molecule has 36 heavy (non-hydrogen) atoms. The molecule has 3 aromatic rings. The molecule has 0 fully saturated rings. The number of aromatic nitrogens is 3. The van der Waals surface area contributed by atoms with Crippen LogP contribution >= 0.6 is 11.8 Å². The minimum Gasteiger partial charge on any atom is -0.497 e. The van der Waals surface area contributed by atoms with Gasteiger partial charge in [-0.1, -0.05) is 17.8 Å². The van der Waals surface area contributed by atoms with E-state index in [-0.39, 0.29) is 11.4 Å². The van der Waals surface area contributed by atoms with E-state index in [0.717, 1.165) is 23.9 Å². The maximum Gasteiger partial charge on any atom is 0.416 e. The van der Waals surface area contributed by atoms with Crippen LogP contribution in [0.4, 0.5) is 18.9 Å². The number of alkyl halides is 3. The third kappa shape index (κ3) is 6.76. The lowest BCUT2D eigenvalue weighted by Crippen LogP contribution is -2.32. The fourth-order valence-corrected chi connectivity index (χ4v) is 4.05. The number of nitrogens with zero attached hydrogens (tertiary/aromatic N) is 3. The molecule has 0 unspecified atom stereocenters. The first-order valence-corrected chi connectivity index (χ1v) is 11.7. The van der Waals surface area contributed by atoms with Gasteiger partial charge < -0.3 is 25.0 Å². The molecule has 1 aromatic heterocycles. The van der Waals surface area contributed by atoms with Crippen molar-refractivity contribution < 1.29 is 32.6 Å². The van der Waals surface area contributed by atoms with Crippen molar-refractivity contribution in [2.24, 2.45) is 0 Å². The monoisotopic (exact) mass is 523 g/mol. The van der Waals surface area contributed by atoms with Gasteiger partial charge in [-0.25, -0.2) is 0 Å². The average Bonchev–Trinajstić information content (AvgIpc) is 3.28. The third-order valence-corrected chi connectivity index (χ3v) is 5.99. The predicted octanol–water partition coefficient (Wildman–Crippen LogP) is 3.52. The topological polar surface area (TPSA) is 118 Å². The molecule has 9 nitrogen and oxygen atoms in total. The lowest BCUT2D eigenvalue weighted by Gasteiger charge is -2.17. The predicted molar refractivity (Wildman–Crippen MR) is 127 cm³/mol. The Balaban J connectivity index is 1.65. The summed E-state index contributed by atoms with van der Waals surface area (Å²) in [5.41, 5.74) is -0.484. The van der Waals surface area contributed by atoms with Crippen LogP contribution in [0, 0.1) is 0 Å². The second-order valence-electron chi connectivity index (χ2n) is 7.44. The zero-order chi connectivity index (χ0) is 26.3. The molecule has 3 N–H and O–H groups in total. The summed E-state index contributed by atoms with van der Waals surface area (Å²) in [6.07, 6.45) is -4.52. The fourth-order valence-electron chi connectivity index (χ4n) is 3.24. The molecule has 2 amide bonds. The molecule has 1 heterocycles. The van der Waals surface area contributed by atoms with Crippen LogP contribution in [0.15, 0.2) is 53.7 Å². The number of aliphatic hydroxyl groups is 1. The molecule has 3 rings (SSSR count). The SMILES string of the molecule is CCn1c(SCC(=O)Nc2cccc(C(F)(F)F)c2)nnc1[C@H](CO)NC(=O)c1ccc(OC)cc1. The van der Waals surface area contributed by atoms with E-state index in [1.54, 1.807) is 35.8 Å². The molecule has 0 saturated carbocycles. The van der Waals surface area contributed by atoms with E-state index in [4.69, 9.17) is 4.74 Å². The van der Waals surface area contributed by atoms with Gasteiger partial charge in [0.1, 0.15) is 11.8 Å². The second kappa shape index (κ2) is 11.9. The van der Waals surface area contributed by atoms with Crippen molar-refractivity contribution in [3.05, 3.63) is 65.5 Å². The van der Waals surface area contributed by atoms with Gasteiger partial charge in [0.05, 0.1) is 25.0 Å². The summed E-state index contributed by atoms with van der Waals surface area (Å²) in [6, 6.07) is 9.91. The molecular formula is C23H24F3N5O4S. The van der Waals surface area contributed by atoms with Crippen LogP contribution in [0.3, 0.4) is 0 Å². The number of nitrogens with one attached hydrogen (secondary N) is 2. The number of hydrogen-bond donors (Lipinski definition) is 3. The first kappa shape index (κ1) is 27.0. The first-order chi connectivity index (χ1) is 17.2. The van der Waals surface area contributed by atoms with E-state index >= 15 is 0 Å². The van der Waals surface area contributed by atoms with Crippen molar-refractivity contribution in [2.45, 2.75) is 30.8 Å². The summed E-state index contributed by atoms with van der Waals surface area (Å²) < 4.78 is 45.3. The highest BCUT2D eigenvalue weighted by Gasteiger charge is 2.30. The van der Waals surface area contributed by atoms with E-state index in [1.807, 2.05) is 0 Å². The second-order valence-corrected chi connectivity index (χ2v) is 8.38. The van der Waals surface area contributed by atoms with Crippen molar-refractivity contribution in [1.29, 1.82) is 0 Å². The Kier molecular flexibility index (Phi) is 8.93. The van der Waals surface area contributed by atoms with Crippen LogP contribution < -0.4 is 15.4 Å². The van der Waals surface area contributed by atoms with Gasteiger partial charge in [-0.15, -0.1) is 10.2 Å². The minimum atomic E-state index is -4.52. The van der Waals surface area contributed by atoms with Crippen molar-refractivity contribution in [3.63, 3.8) is 0 Å². The number of halogens is 3. The summed E-state index contributed by atoms with van der Waals surface area (Å²) in [7, 11) is 1.51. The summed E-state index contributed by atoms with van der Waals surface area (Å²) in [5.74, 6) is -0.219. The van der Waals surface area contributed by atoms with Crippen LogP contribution in [-0.2, 0) is 17.5 Å². The Bertz CT molecular complexity index is 1200. The summed E-state index contributed by atoms with van der Waals surface area (Å²) >= 11 is 1.02. The number of methoxy groups -OCH3 is 1. The van der Waals surface area contributed by atoms with E-state index in [2.05, 4.69) is 20.8 Å². The lowest BCUT2D eigenvalue weighted by atomic mass is 10.2. The number of thioether (sulfide) groups is 1. The number of ether oxygens (including phenoxy) is 1. The molecule has 0 bridgehead atoms. The number of aliphatic hydroxyl groups excluding tert-OH is 1. The highest BCUT2D eigenvalue weighted by molar-refractivity contribution is 7.99. The molecule has 13 heteroatoms. The number of benzene rings is 2. The molecule has 0 aliphatic rings. The average molecular weight is 524 g/mol. The molecule has 0 aliphatic heterocycles. The molecular weight excluding hydrogens is 499 g/mol. The minimum absolute atomic E-state index is 0.0228. The highest BCUT2D eigenvalue weighted by Crippen LogP contribution is 2.30. The van der Waals surface area contributed by atoms with E-state index in [1.165, 1.54) is 19.2 Å². The molecule has 0 radical (unpaired) electrons. The Morgan fingerprint density at radius 1 is 1.17 bits per heavy atom. The molecule has 0 spiro atoms. The van der Waals surface area contributed by atoms with Gasteiger partial charge in [0.25, 0.3) is 5.91 Å². The summed E-state index contributed by atoms with van der Waals surface area (Å²) in [6.45, 7) is 1.74. The van der Waals surface area contributed by atoms with Gasteiger partial charge >= 0.3 is 6.18 Å². The molecule has 192 valence electrons. The summed E-state index contributed by atoms with van der Waals surface area (Å²) in [5, 5.41) is 23.5. The maximum atomic E-state index is 12.9. The first-order valence-electron chi connectivity index (χ1n) is 10.7.